The maximum absolute atomic E-state index is 5.06. The topological polar surface area (TPSA) is 33.6 Å². The van der Waals surface area contributed by atoms with Crippen LogP contribution in [0.2, 0.25) is 0 Å². The van der Waals surface area contributed by atoms with Crippen LogP contribution in [0.3, 0.4) is 0 Å². The van der Waals surface area contributed by atoms with Gasteiger partial charge in [0.15, 0.2) is 4.77 Å². The van der Waals surface area contributed by atoms with E-state index in [4.69, 9.17) is 12.2 Å². The van der Waals surface area contributed by atoms with E-state index in [1.165, 1.54) is 12.8 Å². The molecule has 0 aliphatic heterocycles. The van der Waals surface area contributed by atoms with E-state index >= 15 is 0 Å². The fourth-order valence-electron chi connectivity index (χ4n) is 1.17. The number of nitrogens with one attached hydrogen (secondary N) is 1. The van der Waals surface area contributed by atoms with Gasteiger partial charge in [-0.25, -0.2) is 0 Å². The average Bonchev–Trinajstić information content (AvgIpc) is 2.73. The largest absolute Gasteiger partial charge is 0.304 e. The number of rotatable bonds is 2. The van der Waals surface area contributed by atoms with Crippen molar-refractivity contribution in [3.8, 4) is 0 Å². The van der Waals surface area contributed by atoms with E-state index in [1.54, 1.807) is 0 Å². The Morgan fingerprint density at radius 3 is 2.91 bits per heavy atom. The molecule has 1 saturated carbocycles. The summed E-state index contributed by atoms with van der Waals surface area (Å²) in [5.74, 6) is 1.86. The molecule has 0 unspecified atom stereocenters. The lowest BCUT2D eigenvalue weighted by molar-refractivity contribution is 0.603. The van der Waals surface area contributed by atoms with Crippen molar-refractivity contribution in [3.05, 3.63) is 10.6 Å². The number of aromatic nitrogens is 3. The number of aryl methyl sites for hydroxylation is 1. The van der Waals surface area contributed by atoms with Crippen LogP contribution in [0, 0.1) is 17.6 Å². The molecule has 0 bridgehead atoms. The second kappa shape index (κ2) is 2.44. The van der Waals surface area contributed by atoms with E-state index < -0.39 is 0 Å². The van der Waals surface area contributed by atoms with E-state index in [0.717, 1.165) is 23.1 Å². The van der Waals surface area contributed by atoms with E-state index in [-0.39, 0.29) is 0 Å². The quantitative estimate of drug-likeness (QED) is 0.683. The molecule has 1 heterocycles. The second-order valence-corrected chi connectivity index (χ2v) is 3.52. The highest BCUT2D eigenvalue weighted by atomic mass is 32.1. The Kier molecular flexibility index (Phi) is 1.56. The van der Waals surface area contributed by atoms with Gasteiger partial charge in [0.2, 0.25) is 0 Å². The summed E-state index contributed by atoms with van der Waals surface area (Å²) in [6.45, 7) is 3.04. The normalized spacial score (nSPS) is 17.2. The molecule has 1 aromatic rings. The van der Waals surface area contributed by atoms with Gasteiger partial charge >= 0.3 is 0 Å². The number of nitrogens with zero attached hydrogens (tertiary/aromatic N) is 2. The summed E-state index contributed by atoms with van der Waals surface area (Å²) >= 11 is 5.06. The van der Waals surface area contributed by atoms with E-state index in [2.05, 4.69) is 14.8 Å². The summed E-state index contributed by atoms with van der Waals surface area (Å²) in [6.07, 6.45) is 2.71. The first kappa shape index (κ1) is 7.03. The molecule has 1 aliphatic rings. The number of H-pyrrole nitrogens is 1. The van der Waals surface area contributed by atoms with Gasteiger partial charge in [0.1, 0.15) is 5.82 Å². The second-order valence-electron chi connectivity index (χ2n) is 3.13. The monoisotopic (exact) mass is 169 g/mol. The molecule has 0 spiro atoms. The van der Waals surface area contributed by atoms with Crippen LogP contribution in [0.4, 0.5) is 0 Å². The van der Waals surface area contributed by atoms with Gasteiger partial charge < -0.3 is 4.57 Å². The Morgan fingerprint density at radius 2 is 2.45 bits per heavy atom. The van der Waals surface area contributed by atoms with Crippen LogP contribution in [0.15, 0.2) is 0 Å². The number of hydrogen-bond donors (Lipinski definition) is 1. The summed E-state index contributed by atoms with van der Waals surface area (Å²) in [7, 11) is 0. The molecule has 1 aromatic heterocycles. The van der Waals surface area contributed by atoms with Gasteiger partial charge in [-0.05, 0) is 37.9 Å². The molecule has 11 heavy (non-hydrogen) atoms. The lowest BCUT2D eigenvalue weighted by Crippen LogP contribution is -2.01. The Morgan fingerprint density at radius 1 is 1.73 bits per heavy atom. The lowest BCUT2D eigenvalue weighted by atomic mass is 10.4. The molecule has 0 radical (unpaired) electrons. The molecule has 60 valence electrons. The van der Waals surface area contributed by atoms with E-state index in [0.29, 0.717) is 0 Å². The Bertz CT molecular complexity index is 308. The predicted molar refractivity (Wildman–Crippen MR) is 44.9 cm³/mol. The fraction of sp³-hybridized carbons (Fsp3) is 0.714. The number of hydrogen-bond acceptors (Lipinski definition) is 2. The summed E-state index contributed by atoms with van der Waals surface area (Å²) in [5.41, 5.74) is 0. The predicted octanol–water partition coefficient (Wildman–Crippen LogP) is 1.66. The molecule has 2 rings (SSSR count). The third kappa shape index (κ3) is 1.35. The van der Waals surface area contributed by atoms with Crippen molar-refractivity contribution < 1.29 is 0 Å². The van der Waals surface area contributed by atoms with Crippen molar-refractivity contribution in [2.45, 2.75) is 26.3 Å². The molecule has 0 amide bonds. The zero-order valence-corrected chi connectivity index (χ0v) is 7.32. The summed E-state index contributed by atoms with van der Waals surface area (Å²) in [4.78, 5) is 0. The van der Waals surface area contributed by atoms with Crippen molar-refractivity contribution in [2.24, 2.45) is 5.92 Å². The summed E-state index contributed by atoms with van der Waals surface area (Å²) in [5, 5.41) is 6.83. The van der Waals surface area contributed by atoms with Gasteiger partial charge in [-0.3, -0.25) is 5.10 Å². The highest BCUT2D eigenvalue weighted by molar-refractivity contribution is 7.71. The van der Waals surface area contributed by atoms with Crippen LogP contribution in [-0.2, 0) is 6.54 Å². The van der Waals surface area contributed by atoms with Crippen molar-refractivity contribution in [3.63, 3.8) is 0 Å². The number of aromatic amines is 1. The molecular formula is C7H11N3S. The van der Waals surface area contributed by atoms with E-state index in [1.807, 2.05) is 6.92 Å². The molecule has 0 saturated heterocycles. The van der Waals surface area contributed by atoms with Gasteiger partial charge in [-0.15, -0.1) is 0 Å². The first-order chi connectivity index (χ1) is 5.27. The van der Waals surface area contributed by atoms with Crippen LogP contribution in [0.1, 0.15) is 18.7 Å². The first-order valence-corrected chi connectivity index (χ1v) is 4.30. The highest BCUT2D eigenvalue weighted by Crippen LogP contribution is 2.30. The summed E-state index contributed by atoms with van der Waals surface area (Å²) < 4.78 is 2.84. The molecule has 1 aliphatic carbocycles. The maximum Gasteiger partial charge on any atom is 0.195 e. The van der Waals surface area contributed by atoms with Crippen LogP contribution in [0.5, 0.6) is 0 Å². The first-order valence-electron chi connectivity index (χ1n) is 3.89. The molecule has 0 aromatic carbocycles. The molecule has 3 nitrogen and oxygen atoms in total. The lowest BCUT2D eigenvalue weighted by Gasteiger charge is -1.99. The van der Waals surface area contributed by atoms with Crippen molar-refractivity contribution in [1.82, 2.24) is 14.8 Å². The average molecular weight is 169 g/mol. The van der Waals surface area contributed by atoms with Crippen LogP contribution in [-0.4, -0.2) is 14.8 Å². The zero-order valence-electron chi connectivity index (χ0n) is 6.50. The van der Waals surface area contributed by atoms with Crippen LogP contribution >= 0.6 is 12.2 Å². The molecule has 0 atom stereocenters. The van der Waals surface area contributed by atoms with Gasteiger partial charge in [0.25, 0.3) is 0 Å². The molecule has 1 N–H and O–H groups in total. The maximum atomic E-state index is 5.06. The summed E-state index contributed by atoms with van der Waals surface area (Å²) in [6, 6.07) is 0. The van der Waals surface area contributed by atoms with Crippen molar-refractivity contribution >= 4 is 12.2 Å². The van der Waals surface area contributed by atoms with Crippen molar-refractivity contribution in [2.75, 3.05) is 0 Å². The smallest absolute Gasteiger partial charge is 0.195 e. The van der Waals surface area contributed by atoms with Crippen LogP contribution in [0.25, 0.3) is 0 Å². The highest BCUT2D eigenvalue weighted by Gasteiger charge is 2.22. The SMILES string of the molecule is Cc1n[nH]c(=S)n1CC1CC1. The third-order valence-electron chi connectivity index (χ3n) is 2.09. The van der Waals surface area contributed by atoms with Gasteiger partial charge in [0, 0.05) is 6.54 Å². The zero-order chi connectivity index (χ0) is 7.84. The van der Waals surface area contributed by atoms with Crippen molar-refractivity contribution in [1.29, 1.82) is 0 Å². The Hall–Kier alpha value is -0.640. The minimum absolute atomic E-state index is 0.759. The fourth-order valence-corrected chi connectivity index (χ4v) is 1.42. The standard InChI is InChI=1S/C7H11N3S/c1-5-8-9-7(11)10(5)4-6-2-3-6/h6H,2-4H2,1H3,(H,9,11). The molecular weight excluding hydrogens is 158 g/mol. The van der Waals surface area contributed by atoms with Crippen LogP contribution < -0.4 is 0 Å². The van der Waals surface area contributed by atoms with Gasteiger partial charge in [0.05, 0.1) is 0 Å². The van der Waals surface area contributed by atoms with E-state index in [9.17, 15) is 0 Å². The Balaban J connectivity index is 2.26. The minimum Gasteiger partial charge on any atom is -0.304 e. The molecule has 1 fully saturated rings. The minimum atomic E-state index is 0.759. The van der Waals surface area contributed by atoms with Gasteiger partial charge in [-0.2, -0.15) is 5.10 Å². The molecule has 4 heteroatoms. The van der Waals surface area contributed by atoms with Gasteiger partial charge in [-0.1, -0.05) is 0 Å². The Labute approximate surface area is 70.4 Å². The third-order valence-corrected chi connectivity index (χ3v) is 2.40.